The molecular formula is C14H21NO4S2. The summed E-state index contributed by atoms with van der Waals surface area (Å²) in [7, 11) is -2.45. The molecule has 118 valence electrons. The molecule has 0 bridgehead atoms. The van der Waals surface area contributed by atoms with Crippen molar-refractivity contribution in [3.8, 4) is 0 Å². The van der Waals surface area contributed by atoms with E-state index in [4.69, 9.17) is 0 Å². The fourth-order valence-corrected chi connectivity index (χ4v) is 5.46. The van der Waals surface area contributed by atoms with E-state index in [1.807, 2.05) is 0 Å². The van der Waals surface area contributed by atoms with Crippen LogP contribution in [0, 0.1) is 11.8 Å². The van der Waals surface area contributed by atoms with Gasteiger partial charge in [-0.05, 0) is 29.7 Å². The highest BCUT2D eigenvalue weighted by Crippen LogP contribution is 2.31. The molecule has 0 saturated heterocycles. The van der Waals surface area contributed by atoms with Gasteiger partial charge in [0.05, 0.1) is 7.11 Å². The molecule has 1 aromatic heterocycles. The van der Waals surface area contributed by atoms with Crippen LogP contribution in [0.15, 0.2) is 16.3 Å². The molecule has 0 spiro atoms. The highest BCUT2D eigenvalue weighted by atomic mass is 32.2. The van der Waals surface area contributed by atoms with Crippen LogP contribution in [0.4, 0.5) is 0 Å². The summed E-state index contributed by atoms with van der Waals surface area (Å²) in [5.74, 6) is 0.165. The van der Waals surface area contributed by atoms with Gasteiger partial charge in [-0.1, -0.05) is 26.7 Å². The van der Waals surface area contributed by atoms with Crippen molar-refractivity contribution in [2.45, 2.75) is 44.0 Å². The van der Waals surface area contributed by atoms with Gasteiger partial charge >= 0.3 is 5.97 Å². The number of hydrogen-bond acceptors (Lipinski definition) is 5. The molecule has 0 aromatic carbocycles. The van der Waals surface area contributed by atoms with E-state index in [1.165, 1.54) is 13.2 Å². The average molecular weight is 331 g/mol. The van der Waals surface area contributed by atoms with Crippen LogP contribution in [0.25, 0.3) is 0 Å². The molecular weight excluding hydrogens is 310 g/mol. The molecule has 1 saturated carbocycles. The van der Waals surface area contributed by atoms with E-state index in [0.717, 1.165) is 30.6 Å². The van der Waals surface area contributed by atoms with Gasteiger partial charge in [0.15, 0.2) is 0 Å². The van der Waals surface area contributed by atoms with Crippen molar-refractivity contribution in [2.75, 3.05) is 7.11 Å². The molecule has 1 aromatic rings. The van der Waals surface area contributed by atoms with Crippen molar-refractivity contribution in [1.29, 1.82) is 0 Å². The summed E-state index contributed by atoms with van der Waals surface area (Å²) in [6.45, 7) is 4.22. The Balaban J connectivity index is 2.23. The number of rotatable bonds is 4. The molecule has 2 rings (SSSR count). The quantitative estimate of drug-likeness (QED) is 0.861. The van der Waals surface area contributed by atoms with E-state index in [1.54, 1.807) is 5.38 Å². The van der Waals surface area contributed by atoms with Gasteiger partial charge in [0, 0.05) is 6.04 Å². The molecule has 5 nitrogen and oxygen atoms in total. The topological polar surface area (TPSA) is 72.5 Å². The van der Waals surface area contributed by atoms with Crippen LogP contribution in [0.3, 0.4) is 0 Å². The third kappa shape index (κ3) is 3.46. The molecule has 3 unspecified atom stereocenters. The van der Waals surface area contributed by atoms with E-state index in [0.29, 0.717) is 5.92 Å². The van der Waals surface area contributed by atoms with Crippen LogP contribution in [-0.2, 0) is 14.8 Å². The third-order valence-electron chi connectivity index (χ3n) is 4.30. The van der Waals surface area contributed by atoms with E-state index >= 15 is 0 Å². The number of sulfonamides is 1. The van der Waals surface area contributed by atoms with Gasteiger partial charge in [-0.25, -0.2) is 17.9 Å². The first-order valence-corrected chi connectivity index (χ1v) is 9.41. The number of carbonyl (C=O) groups excluding carboxylic acids is 1. The highest BCUT2D eigenvalue weighted by molar-refractivity contribution is 7.89. The number of carbonyl (C=O) groups is 1. The van der Waals surface area contributed by atoms with Gasteiger partial charge in [0.1, 0.15) is 9.77 Å². The second kappa shape index (κ2) is 6.46. The first kappa shape index (κ1) is 16.5. The normalized spacial score (nSPS) is 26.5. The van der Waals surface area contributed by atoms with Crippen LogP contribution in [0.5, 0.6) is 0 Å². The standard InChI is InChI=1S/C14H21NO4S2/c1-9-5-4-6-11(10(9)2)15-21(17,18)12-7-8-20-13(12)14(16)19-3/h7-11,15H,4-6H2,1-3H3. The molecule has 1 fully saturated rings. The average Bonchev–Trinajstić information content (AvgIpc) is 2.93. The lowest BCUT2D eigenvalue weighted by molar-refractivity contribution is 0.0602. The highest BCUT2D eigenvalue weighted by Gasteiger charge is 2.32. The smallest absolute Gasteiger partial charge is 0.349 e. The summed E-state index contributed by atoms with van der Waals surface area (Å²) < 4.78 is 32.5. The fraction of sp³-hybridized carbons (Fsp3) is 0.643. The van der Waals surface area contributed by atoms with Crippen LogP contribution < -0.4 is 4.72 Å². The van der Waals surface area contributed by atoms with Gasteiger partial charge in [-0.2, -0.15) is 0 Å². The number of methoxy groups -OCH3 is 1. The zero-order valence-electron chi connectivity index (χ0n) is 12.5. The molecule has 3 atom stereocenters. The molecule has 21 heavy (non-hydrogen) atoms. The molecule has 1 heterocycles. The Morgan fingerprint density at radius 2 is 2.10 bits per heavy atom. The molecule has 0 radical (unpaired) electrons. The lowest BCUT2D eigenvalue weighted by Gasteiger charge is -2.34. The number of esters is 1. The monoisotopic (exact) mass is 331 g/mol. The maximum Gasteiger partial charge on any atom is 0.349 e. The predicted octanol–water partition coefficient (Wildman–Crippen LogP) is 2.64. The van der Waals surface area contributed by atoms with Crippen molar-refractivity contribution >= 4 is 27.3 Å². The van der Waals surface area contributed by atoms with E-state index < -0.39 is 16.0 Å². The Bertz CT molecular complexity index is 608. The summed E-state index contributed by atoms with van der Waals surface area (Å²) in [5.41, 5.74) is 0. The Morgan fingerprint density at radius 3 is 2.76 bits per heavy atom. The molecule has 0 amide bonds. The first-order valence-electron chi connectivity index (χ1n) is 7.05. The summed E-state index contributed by atoms with van der Waals surface area (Å²) in [5, 5.41) is 1.59. The van der Waals surface area contributed by atoms with E-state index in [9.17, 15) is 13.2 Å². The summed E-state index contributed by atoms with van der Waals surface area (Å²) in [4.78, 5) is 11.8. The summed E-state index contributed by atoms with van der Waals surface area (Å²) >= 11 is 1.08. The van der Waals surface area contributed by atoms with Gasteiger partial charge in [0.25, 0.3) is 0 Å². The summed E-state index contributed by atoms with van der Waals surface area (Å²) in [6.07, 6.45) is 2.99. The number of ether oxygens (including phenoxy) is 1. The molecule has 7 heteroatoms. The first-order chi connectivity index (χ1) is 9.86. The van der Waals surface area contributed by atoms with Crippen molar-refractivity contribution in [3.63, 3.8) is 0 Å². The maximum absolute atomic E-state index is 12.5. The number of nitrogens with one attached hydrogen (secondary N) is 1. The minimum Gasteiger partial charge on any atom is -0.465 e. The minimum absolute atomic E-state index is 0.0183. The van der Waals surface area contributed by atoms with Gasteiger partial charge in [-0.15, -0.1) is 11.3 Å². The number of thiophene rings is 1. The Labute approximate surface area is 129 Å². The van der Waals surface area contributed by atoms with Crippen LogP contribution in [0.2, 0.25) is 0 Å². The minimum atomic E-state index is -3.70. The SMILES string of the molecule is COC(=O)c1sccc1S(=O)(=O)NC1CCCC(C)C1C. The third-order valence-corrected chi connectivity index (χ3v) is 6.86. The van der Waals surface area contributed by atoms with E-state index in [-0.39, 0.29) is 21.7 Å². The van der Waals surface area contributed by atoms with Gasteiger partial charge in [0.2, 0.25) is 10.0 Å². The second-order valence-corrected chi connectivity index (χ2v) is 8.20. The van der Waals surface area contributed by atoms with E-state index in [2.05, 4.69) is 23.3 Å². The molecule has 1 aliphatic carbocycles. The largest absolute Gasteiger partial charge is 0.465 e. The summed E-state index contributed by atoms with van der Waals surface area (Å²) in [6, 6.07) is 1.38. The van der Waals surface area contributed by atoms with Crippen LogP contribution >= 0.6 is 11.3 Å². The molecule has 0 aliphatic heterocycles. The van der Waals surface area contributed by atoms with Crippen molar-refractivity contribution < 1.29 is 17.9 Å². The number of hydrogen-bond donors (Lipinski definition) is 1. The van der Waals surface area contributed by atoms with Crippen LogP contribution in [0.1, 0.15) is 42.8 Å². The zero-order chi connectivity index (χ0) is 15.6. The van der Waals surface area contributed by atoms with Crippen molar-refractivity contribution in [3.05, 3.63) is 16.3 Å². The Morgan fingerprint density at radius 1 is 1.38 bits per heavy atom. The maximum atomic E-state index is 12.5. The van der Waals surface area contributed by atoms with Crippen molar-refractivity contribution in [1.82, 2.24) is 4.72 Å². The van der Waals surface area contributed by atoms with Crippen molar-refractivity contribution in [2.24, 2.45) is 11.8 Å². The molecule has 1 aliphatic rings. The lowest BCUT2D eigenvalue weighted by atomic mass is 9.78. The predicted molar refractivity (Wildman–Crippen MR) is 81.9 cm³/mol. The fourth-order valence-electron chi connectivity index (χ4n) is 2.76. The second-order valence-electron chi connectivity index (χ2n) is 5.60. The Kier molecular flexibility index (Phi) is 5.06. The molecule has 1 N–H and O–H groups in total. The van der Waals surface area contributed by atoms with Gasteiger partial charge < -0.3 is 4.74 Å². The van der Waals surface area contributed by atoms with Gasteiger partial charge in [-0.3, -0.25) is 0 Å². The Hall–Kier alpha value is -0.920. The van der Waals surface area contributed by atoms with Crippen LogP contribution in [-0.4, -0.2) is 27.5 Å². The zero-order valence-corrected chi connectivity index (χ0v) is 14.1. The lowest BCUT2D eigenvalue weighted by Crippen LogP contribution is -2.43.